The Morgan fingerprint density at radius 2 is 2.00 bits per heavy atom. The van der Waals surface area contributed by atoms with Gasteiger partial charge in [0.25, 0.3) is 5.69 Å². The first-order valence-corrected chi connectivity index (χ1v) is 9.31. The van der Waals surface area contributed by atoms with Crippen molar-refractivity contribution in [3.8, 4) is 0 Å². The van der Waals surface area contributed by atoms with Gasteiger partial charge in [-0.1, -0.05) is 12.1 Å². The van der Waals surface area contributed by atoms with E-state index in [2.05, 4.69) is 10.4 Å². The van der Waals surface area contributed by atoms with Gasteiger partial charge in [-0.2, -0.15) is 5.10 Å². The summed E-state index contributed by atoms with van der Waals surface area (Å²) in [5, 5.41) is 18.7. The van der Waals surface area contributed by atoms with E-state index in [0.717, 1.165) is 10.9 Å². The molecule has 3 rings (SSSR count). The maximum atomic E-state index is 12.3. The summed E-state index contributed by atoms with van der Waals surface area (Å²) in [5.74, 6) is -0.620. The lowest BCUT2D eigenvalue weighted by molar-refractivity contribution is -0.384. The van der Waals surface area contributed by atoms with E-state index in [9.17, 15) is 19.7 Å². The zero-order valence-electron chi connectivity index (χ0n) is 16.3. The summed E-state index contributed by atoms with van der Waals surface area (Å²) in [5.41, 5.74) is 2.00. The number of nitro benzene ring substituents is 1. The quantitative estimate of drug-likeness (QED) is 0.264. The predicted octanol–water partition coefficient (Wildman–Crippen LogP) is 3.55. The topological polar surface area (TPSA) is 116 Å². The Labute approximate surface area is 172 Å². The zero-order chi connectivity index (χ0) is 21.5. The minimum atomic E-state index is -0.463. The average Bonchev–Trinajstić information content (AvgIpc) is 3.14. The van der Waals surface area contributed by atoms with E-state index in [1.165, 1.54) is 18.2 Å². The Bertz CT molecular complexity index is 1100. The van der Waals surface area contributed by atoms with Gasteiger partial charge in [0.15, 0.2) is 0 Å². The summed E-state index contributed by atoms with van der Waals surface area (Å²) in [6, 6.07) is 11.5. The molecule has 0 spiro atoms. The number of non-ortho nitro benzene ring substituents is 1. The van der Waals surface area contributed by atoms with Crippen LogP contribution in [0.25, 0.3) is 17.0 Å². The molecule has 0 aliphatic heterocycles. The summed E-state index contributed by atoms with van der Waals surface area (Å²) in [7, 11) is 0. The predicted molar refractivity (Wildman–Crippen MR) is 112 cm³/mol. The van der Waals surface area contributed by atoms with Crippen LogP contribution in [0.2, 0.25) is 0 Å². The number of aryl methyl sites for hydroxylation is 1. The molecule has 0 unspecified atom stereocenters. The van der Waals surface area contributed by atoms with Crippen LogP contribution in [0.1, 0.15) is 18.9 Å². The molecule has 0 bridgehead atoms. The van der Waals surface area contributed by atoms with Gasteiger partial charge in [0.2, 0.25) is 5.91 Å². The van der Waals surface area contributed by atoms with Gasteiger partial charge >= 0.3 is 5.97 Å². The summed E-state index contributed by atoms with van der Waals surface area (Å²) < 4.78 is 6.39. The van der Waals surface area contributed by atoms with E-state index < -0.39 is 10.9 Å². The van der Waals surface area contributed by atoms with Crippen molar-refractivity contribution in [1.82, 2.24) is 9.78 Å². The molecule has 1 amide bonds. The Morgan fingerprint density at radius 1 is 1.23 bits per heavy atom. The van der Waals surface area contributed by atoms with E-state index in [1.807, 2.05) is 0 Å². The number of esters is 1. The van der Waals surface area contributed by atoms with Gasteiger partial charge in [-0.25, -0.2) is 4.79 Å². The lowest BCUT2D eigenvalue weighted by Gasteiger charge is -2.07. The van der Waals surface area contributed by atoms with Crippen molar-refractivity contribution in [2.45, 2.75) is 19.9 Å². The second kappa shape index (κ2) is 9.46. The molecular formula is C21H20N4O5. The van der Waals surface area contributed by atoms with Crippen molar-refractivity contribution < 1.29 is 19.2 Å². The molecule has 0 atom stereocenters. The molecule has 0 saturated heterocycles. The van der Waals surface area contributed by atoms with Crippen molar-refractivity contribution in [1.29, 1.82) is 0 Å². The highest BCUT2D eigenvalue weighted by Crippen LogP contribution is 2.21. The number of ether oxygens (including phenoxy) is 1. The molecule has 9 heteroatoms. The Kier molecular flexibility index (Phi) is 6.53. The van der Waals surface area contributed by atoms with Crippen LogP contribution in [0, 0.1) is 10.1 Å². The summed E-state index contributed by atoms with van der Waals surface area (Å²) in [4.78, 5) is 34.1. The Hall–Kier alpha value is -4.01. The van der Waals surface area contributed by atoms with Crippen molar-refractivity contribution in [2.24, 2.45) is 0 Å². The molecule has 0 fully saturated rings. The van der Waals surface area contributed by atoms with Crippen molar-refractivity contribution in [2.75, 3.05) is 11.9 Å². The van der Waals surface area contributed by atoms with Crippen LogP contribution in [-0.4, -0.2) is 33.2 Å². The number of nitrogens with one attached hydrogen (secondary N) is 1. The Morgan fingerprint density at radius 3 is 2.70 bits per heavy atom. The van der Waals surface area contributed by atoms with Gasteiger partial charge in [-0.15, -0.1) is 0 Å². The highest BCUT2D eigenvalue weighted by molar-refractivity contribution is 5.91. The highest BCUT2D eigenvalue weighted by Gasteiger charge is 2.11. The normalized spacial score (nSPS) is 11.0. The van der Waals surface area contributed by atoms with E-state index in [1.54, 1.807) is 54.2 Å². The van der Waals surface area contributed by atoms with Crippen molar-refractivity contribution in [3.63, 3.8) is 0 Å². The van der Waals surface area contributed by atoms with Gasteiger partial charge < -0.3 is 10.1 Å². The summed E-state index contributed by atoms with van der Waals surface area (Å²) >= 11 is 0. The third-order valence-corrected chi connectivity index (χ3v) is 4.28. The number of benzene rings is 2. The molecule has 0 aliphatic carbocycles. The maximum absolute atomic E-state index is 12.3. The number of hydrogen-bond acceptors (Lipinski definition) is 6. The highest BCUT2D eigenvalue weighted by atomic mass is 16.6. The lowest BCUT2D eigenvalue weighted by Crippen LogP contribution is -2.15. The van der Waals surface area contributed by atoms with Gasteiger partial charge in [-0.3, -0.25) is 19.6 Å². The number of anilines is 1. The fourth-order valence-electron chi connectivity index (χ4n) is 2.81. The first kappa shape index (κ1) is 20.7. The van der Waals surface area contributed by atoms with Gasteiger partial charge in [0.1, 0.15) is 0 Å². The van der Waals surface area contributed by atoms with E-state index in [-0.39, 0.29) is 24.6 Å². The standard InChI is InChI=1S/C21H20N4O5/c1-2-30-21(27)10-5-15-3-7-17(8-4-15)23-20(26)11-12-24-19-13-18(25(28)29)9-6-16(19)14-22-24/h3-10,13-14H,2,11-12H2,1H3,(H,23,26)/b10-5+. The number of aromatic nitrogens is 2. The van der Waals surface area contributed by atoms with Gasteiger partial charge in [-0.05, 0) is 36.8 Å². The molecule has 0 aliphatic rings. The molecule has 0 saturated carbocycles. The van der Waals surface area contributed by atoms with E-state index in [4.69, 9.17) is 4.74 Å². The number of rotatable bonds is 8. The molecule has 154 valence electrons. The van der Waals surface area contributed by atoms with Crippen LogP contribution in [0.4, 0.5) is 11.4 Å². The molecule has 30 heavy (non-hydrogen) atoms. The van der Waals surface area contributed by atoms with Crippen LogP contribution in [-0.2, 0) is 20.9 Å². The fourth-order valence-corrected chi connectivity index (χ4v) is 2.81. The molecule has 1 aromatic heterocycles. The van der Waals surface area contributed by atoms with Gasteiger partial charge in [0.05, 0.1) is 29.8 Å². The van der Waals surface area contributed by atoms with Crippen LogP contribution >= 0.6 is 0 Å². The summed E-state index contributed by atoms with van der Waals surface area (Å²) in [6.07, 6.45) is 4.74. The van der Waals surface area contributed by atoms with E-state index >= 15 is 0 Å². The molecule has 2 aromatic carbocycles. The molecule has 1 N–H and O–H groups in total. The number of nitro groups is 1. The number of nitrogens with zero attached hydrogens (tertiary/aromatic N) is 3. The molecule has 0 radical (unpaired) electrons. The molecular weight excluding hydrogens is 388 g/mol. The third kappa shape index (κ3) is 5.28. The second-order valence-electron chi connectivity index (χ2n) is 6.37. The van der Waals surface area contributed by atoms with Crippen LogP contribution in [0.15, 0.2) is 54.7 Å². The van der Waals surface area contributed by atoms with Crippen molar-refractivity contribution >= 4 is 40.2 Å². The minimum Gasteiger partial charge on any atom is -0.463 e. The number of hydrogen-bond donors (Lipinski definition) is 1. The first-order valence-electron chi connectivity index (χ1n) is 9.31. The average molecular weight is 408 g/mol. The van der Waals surface area contributed by atoms with Crippen LogP contribution < -0.4 is 5.32 Å². The SMILES string of the molecule is CCOC(=O)/C=C/c1ccc(NC(=O)CCn2ncc3ccc([N+](=O)[O-])cc32)cc1. The number of carbonyl (C=O) groups is 2. The smallest absolute Gasteiger partial charge is 0.330 e. The monoisotopic (exact) mass is 408 g/mol. The van der Waals surface area contributed by atoms with Crippen LogP contribution in [0.3, 0.4) is 0 Å². The van der Waals surface area contributed by atoms with Crippen molar-refractivity contribution in [3.05, 3.63) is 70.4 Å². The Balaban J connectivity index is 1.57. The molecule has 9 nitrogen and oxygen atoms in total. The minimum absolute atomic E-state index is 0.0224. The third-order valence-electron chi connectivity index (χ3n) is 4.28. The zero-order valence-corrected chi connectivity index (χ0v) is 16.3. The second-order valence-corrected chi connectivity index (χ2v) is 6.37. The number of carbonyl (C=O) groups excluding carboxylic acids is 2. The molecule has 1 heterocycles. The largest absolute Gasteiger partial charge is 0.463 e. The van der Waals surface area contributed by atoms with Crippen LogP contribution in [0.5, 0.6) is 0 Å². The lowest BCUT2D eigenvalue weighted by atomic mass is 10.2. The maximum Gasteiger partial charge on any atom is 0.330 e. The van der Waals surface area contributed by atoms with E-state index in [0.29, 0.717) is 17.8 Å². The fraction of sp³-hybridized carbons (Fsp3) is 0.190. The van der Waals surface area contributed by atoms with Gasteiger partial charge in [0, 0.05) is 35.7 Å². The first-order chi connectivity index (χ1) is 14.5. The molecule has 3 aromatic rings. The number of fused-ring (bicyclic) bond motifs is 1. The summed E-state index contributed by atoms with van der Waals surface area (Å²) in [6.45, 7) is 2.35. The number of amides is 1.